The van der Waals surface area contributed by atoms with Crippen molar-refractivity contribution < 1.29 is 31.1 Å². The Kier molecular flexibility index (Phi) is 4.29. The SMILES string of the molecule is COc1nc2c(cc1Nc1ccc(C(F)(F)F)cc1)CC(C(F)(F)F)=N2. The van der Waals surface area contributed by atoms with Crippen molar-refractivity contribution in [3.63, 3.8) is 0 Å². The monoisotopic (exact) mass is 375 g/mol. The maximum atomic E-state index is 12.8. The van der Waals surface area contributed by atoms with E-state index >= 15 is 0 Å². The van der Waals surface area contributed by atoms with Gasteiger partial charge < -0.3 is 10.1 Å². The highest BCUT2D eigenvalue weighted by Crippen LogP contribution is 2.38. The molecule has 0 spiro atoms. The summed E-state index contributed by atoms with van der Waals surface area (Å²) in [5, 5.41) is 2.80. The van der Waals surface area contributed by atoms with Crippen LogP contribution in [-0.2, 0) is 12.6 Å². The third-order valence-electron chi connectivity index (χ3n) is 3.65. The minimum absolute atomic E-state index is 0.0178. The number of halogens is 6. The van der Waals surface area contributed by atoms with E-state index < -0.39 is 30.0 Å². The number of rotatable bonds is 3. The van der Waals surface area contributed by atoms with Crippen LogP contribution in [-0.4, -0.2) is 24.0 Å². The second-order valence-electron chi connectivity index (χ2n) is 5.46. The minimum atomic E-state index is -4.56. The molecular weight excluding hydrogens is 364 g/mol. The molecule has 0 aliphatic carbocycles. The summed E-state index contributed by atoms with van der Waals surface area (Å²) in [5.74, 6) is -0.108. The van der Waals surface area contributed by atoms with Crippen LogP contribution in [0, 0.1) is 0 Å². The van der Waals surface area contributed by atoms with E-state index in [9.17, 15) is 26.3 Å². The van der Waals surface area contributed by atoms with Gasteiger partial charge in [0.25, 0.3) is 0 Å². The van der Waals surface area contributed by atoms with Crippen LogP contribution in [0.25, 0.3) is 0 Å². The van der Waals surface area contributed by atoms with Gasteiger partial charge >= 0.3 is 12.4 Å². The summed E-state index contributed by atoms with van der Waals surface area (Å²) < 4.78 is 81.2. The van der Waals surface area contributed by atoms with Gasteiger partial charge in [0.05, 0.1) is 12.7 Å². The molecule has 0 radical (unpaired) electrons. The number of benzene rings is 1. The maximum Gasteiger partial charge on any atom is 0.429 e. The van der Waals surface area contributed by atoms with Crippen molar-refractivity contribution in [2.24, 2.45) is 4.99 Å². The number of anilines is 2. The van der Waals surface area contributed by atoms with Crippen LogP contribution in [0.2, 0.25) is 0 Å². The van der Waals surface area contributed by atoms with Crippen LogP contribution >= 0.6 is 0 Å². The maximum absolute atomic E-state index is 12.8. The van der Waals surface area contributed by atoms with Crippen LogP contribution in [0.15, 0.2) is 35.3 Å². The highest BCUT2D eigenvalue weighted by molar-refractivity contribution is 5.97. The first-order valence-corrected chi connectivity index (χ1v) is 7.25. The third-order valence-corrected chi connectivity index (χ3v) is 3.65. The minimum Gasteiger partial charge on any atom is -0.479 e. The van der Waals surface area contributed by atoms with Gasteiger partial charge in [0.1, 0.15) is 11.4 Å². The molecule has 10 heteroatoms. The molecular formula is C16H11F6N3O. The van der Waals surface area contributed by atoms with Crippen molar-refractivity contribution in [3.8, 4) is 5.88 Å². The Labute approximate surface area is 143 Å². The number of fused-ring (bicyclic) bond motifs is 1. The molecule has 0 unspecified atom stereocenters. The molecule has 0 atom stereocenters. The number of hydrogen-bond acceptors (Lipinski definition) is 4. The predicted octanol–water partition coefficient (Wildman–Crippen LogP) is 5.04. The quantitative estimate of drug-likeness (QED) is 0.765. The highest BCUT2D eigenvalue weighted by atomic mass is 19.4. The summed E-state index contributed by atoms with van der Waals surface area (Å²) in [7, 11) is 1.27. The fourth-order valence-corrected chi connectivity index (χ4v) is 2.41. The van der Waals surface area contributed by atoms with E-state index in [4.69, 9.17) is 4.74 Å². The van der Waals surface area contributed by atoms with E-state index in [0.717, 1.165) is 12.1 Å². The van der Waals surface area contributed by atoms with Gasteiger partial charge in [-0.2, -0.15) is 31.3 Å². The van der Waals surface area contributed by atoms with Crippen LogP contribution in [0.5, 0.6) is 5.88 Å². The zero-order valence-corrected chi connectivity index (χ0v) is 13.2. The van der Waals surface area contributed by atoms with E-state index in [-0.39, 0.29) is 22.9 Å². The number of alkyl halides is 6. The number of hydrogen-bond donors (Lipinski definition) is 1. The number of ether oxygens (including phenoxy) is 1. The molecule has 2 heterocycles. The van der Waals surface area contributed by atoms with E-state index in [1.165, 1.54) is 25.3 Å². The van der Waals surface area contributed by atoms with E-state index in [2.05, 4.69) is 15.3 Å². The fraction of sp³-hybridized carbons (Fsp3) is 0.250. The van der Waals surface area contributed by atoms with Gasteiger partial charge in [0.2, 0.25) is 5.88 Å². The molecule has 1 aromatic heterocycles. The smallest absolute Gasteiger partial charge is 0.429 e. The first-order chi connectivity index (χ1) is 12.1. The van der Waals surface area contributed by atoms with E-state index in [1.54, 1.807) is 0 Å². The Morgan fingerprint density at radius 3 is 2.19 bits per heavy atom. The Morgan fingerprint density at radius 2 is 1.65 bits per heavy atom. The van der Waals surface area contributed by atoms with Gasteiger partial charge in [-0.1, -0.05) is 0 Å². The molecule has 0 saturated heterocycles. The molecule has 0 saturated carbocycles. The second-order valence-corrected chi connectivity index (χ2v) is 5.46. The highest BCUT2D eigenvalue weighted by Gasteiger charge is 2.39. The van der Waals surface area contributed by atoms with Crippen LogP contribution in [0.3, 0.4) is 0 Å². The van der Waals surface area contributed by atoms with Gasteiger partial charge in [0, 0.05) is 17.7 Å². The van der Waals surface area contributed by atoms with Crippen LogP contribution in [0.1, 0.15) is 11.1 Å². The largest absolute Gasteiger partial charge is 0.479 e. The summed E-state index contributed by atoms with van der Waals surface area (Å²) in [5.41, 5.74) is -1.01. The Hall–Kier alpha value is -2.78. The van der Waals surface area contributed by atoms with Gasteiger partial charge in [-0.3, -0.25) is 0 Å². The Morgan fingerprint density at radius 1 is 1.00 bits per heavy atom. The summed E-state index contributed by atoms with van der Waals surface area (Å²) in [6.45, 7) is 0. The third kappa shape index (κ3) is 3.58. The predicted molar refractivity (Wildman–Crippen MR) is 82.4 cm³/mol. The molecule has 0 fully saturated rings. The van der Waals surface area contributed by atoms with Crippen molar-refractivity contribution in [3.05, 3.63) is 41.5 Å². The first kappa shape index (κ1) is 18.0. The molecule has 1 aliphatic heterocycles. The fourth-order valence-electron chi connectivity index (χ4n) is 2.41. The van der Waals surface area contributed by atoms with Crippen LogP contribution < -0.4 is 10.1 Å². The van der Waals surface area contributed by atoms with Crippen molar-refractivity contribution in [2.75, 3.05) is 12.4 Å². The number of aliphatic imine (C=N–C) groups is 1. The molecule has 1 N–H and O–H groups in total. The molecule has 1 aliphatic rings. The van der Waals surface area contributed by atoms with Gasteiger partial charge in [-0.25, -0.2) is 4.99 Å². The molecule has 4 nitrogen and oxygen atoms in total. The molecule has 0 bridgehead atoms. The molecule has 3 rings (SSSR count). The summed E-state index contributed by atoms with van der Waals surface area (Å²) in [6, 6.07) is 5.57. The Balaban J connectivity index is 1.87. The lowest BCUT2D eigenvalue weighted by Crippen LogP contribution is -2.22. The zero-order chi connectivity index (χ0) is 19.1. The zero-order valence-electron chi connectivity index (χ0n) is 13.2. The molecule has 1 aromatic carbocycles. The normalized spacial score (nSPS) is 14.0. The topological polar surface area (TPSA) is 46.5 Å². The molecule has 0 amide bonds. The van der Waals surface area contributed by atoms with Gasteiger partial charge in [0.15, 0.2) is 5.82 Å². The number of nitrogens with zero attached hydrogens (tertiary/aromatic N) is 2. The molecule has 2 aromatic rings. The summed E-state index contributed by atoms with van der Waals surface area (Å²) >= 11 is 0. The molecule has 138 valence electrons. The number of aromatic nitrogens is 1. The van der Waals surface area contributed by atoms with Crippen LogP contribution in [0.4, 0.5) is 43.5 Å². The average molecular weight is 375 g/mol. The number of pyridine rings is 1. The summed E-state index contributed by atoms with van der Waals surface area (Å²) in [4.78, 5) is 7.40. The van der Waals surface area contributed by atoms with Gasteiger partial charge in [-0.15, -0.1) is 0 Å². The lowest BCUT2D eigenvalue weighted by molar-refractivity contribution is -0.137. The number of methoxy groups -OCH3 is 1. The van der Waals surface area contributed by atoms with E-state index in [1.807, 2.05) is 0 Å². The first-order valence-electron chi connectivity index (χ1n) is 7.25. The van der Waals surface area contributed by atoms with Crippen molar-refractivity contribution in [1.82, 2.24) is 4.98 Å². The standard InChI is InChI=1S/C16H11F6N3O/c1-26-14-11(23-10-4-2-9(3-5-10)15(17,18)19)6-8-7-12(16(20,21)22)24-13(8)25-14/h2-6,23H,7H2,1H3. The lowest BCUT2D eigenvalue weighted by Gasteiger charge is -2.13. The Bertz CT molecular complexity index is 856. The summed E-state index contributed by atoms with van der Waals surface area (Å²) in [6.07, 6.45) is -9.46. The van der Waals surface area contributed by atoms with Crippen molar-refractivity contribution >= 4 is 22.9 Å². The lowest BCUT2D eigenvalue weighted by atomic mass is 10.1. The number of nitrogens with one attached hydrogen (secondary N) is 1. The van der Waals surface area contributed by atoms with E-state index in [0.29, 0.717) is 5.69 Å². The van der Waals surface area contributed by atoms with Crippen molar-refractivity contribution in [1.29, 1.82) is 0 Å². The van der Waals surface area contributed by atoms with Gasteiger partial charge in [-0.05, 0) is 30.3 Å². The van der Waals surface area contributed by atoms with Crippen molar-refractivity contribution in [2.45, 2.75) is 18.8 Å². The molecule has 26 heavy (non-hydrogen) atoms. The second kappa shape index (κ2) is 6.19. The average Bonchev–Trinajstić information content (AvgIpc) is 2.97.